The molecule has 1 aromatic carbocycles. The first kappa shape index (κ1) is 30.1. The minimum Gasteiger partial charge on any atom is -0.479 e. The summed E-state index contributed by atoms with van der Waals surface area (Å²) in [6.45, 7) is 1.61. The highest BCUT2D eigenvalue weighted by Crippen LogP contribution is 2.49. The summed E-state index contributed by atoms with van der Waals surface area (Å²) in [6.07, 6.45) is 3.03. The van der Waals surface area contributed by atoms with Gasteiger partial charge >= 0.3 is 21.5 Å². The number of anilines is 2. The number of aromatic nitrogens is 2. The van der Waals surface area contributed by atoms with Crippen LogP contribution in [-0.4, -0.2) is 59.5 Å². The van der Waals surface area contributed by atoms with Gasteiger partial charge in [0.2, 0.25) is 6.04 Å². The molecule has 0 radical (unpaired) electrons. The highest BCUT2D eigenvalue weighted by molar-refractivity contribution is 9.10. The second kappa shape index (κ2) is 10.7. The number of carboxylic acid groups (broad SMARTS) is 1. The molecule has 0 fully saturated rings. The molecule has 3 aliphatic rings. The number of hydrogen-bond donors (Lipinski definition) is 3. The lowest BCUT2D eigenvalue weighted by Gasteiger charge is -2.17. The minimum absolute atomic E-state index is 0.0760. The highest BCUT2D eigenvalue weighted by Gasteiger charge is 2.46. The number of carboxylic acids is 1. The molecular weight excluding hydrogens is 663 g/mol. The van der Waals surface area contributed by atoms with E-state index in [1.165, 1.54) is 48.4 Å². The zero-order chi connectivity index (χ0) is 31.4. The minimum atomic E-state index is -5.78. The van der Waals surface area contributed by atoms with E-state index in [9.17, 15) is 41.1 Å². The fourth-order valence-corrected chi connectivity index (χ4v) is 6.25. The number of hydrogen-bond acceptors (Lipinski definition) is 7. The molecule has 1 unspecified atom stereocenters. The van der Waals surface area contributed by atoms with Crippen LogP contribution < -0.4 is 14.9 Å². The van der Waals surface area contributed by atoms with E-state index in [1.54, 1.807) is 17.7 Å². The number of fused-ring (bicyclic) bond motifs is 2. The summed E-state index contributed by atoms with van der Waals surface area (Å²) in [5.74, 6) is -3.09. The standard InChI is InChI=1S/C26H21BrF3N5O7S/c1-3-17-31-22-21(23(36)32-20(25(38)39)24(37)34(22)2)35(17)10-14-12-8-9-42-11-15(12)19(27)18(14)13-6-4-5-7-16(13)33-43(40,41)26(28,29)30/h4-9,11,20,33H,3,10H2,1-2H3,(H,32,36)(H,38,39). The molecule has 0 bridgehead atoms. The van der Waals surface area contributed by atoms with Crippen molar-refractivity contribution in [2.75, 3.05) is 16.7 Å². The Morgan fingerprint density at radius 2 is 1.88 bits per heavy atom. The number of benzene rings is 1. The highest BCUT2D eigenvalue weighted by atomic mass is 79.9. The molecule has 17 heteroatoms. The van der Waals surface area contributed by atoms with Gasteiger partial charge in [0.05, 0.1) is 24.8 Å². The Morgan fingerprint density at radius 3 is 2.53 bits per heavy atom. The zero-order valence-corrected chi connectivity index (χ0v) is 24.6. The molecular formula is C26H21BrF3N5O7S. The van der Waals surface area contributed by atoms with Crippen LogP contribution in [-0.2, 0) is 32.6 Å². The van der Waals surface area contributed by atoms with E-state index >= 15 is 0 Å². The number of carbonyl (C=O) groups is 3. The summed E-state index contributed by atoms with van der Waals surface area (Å²) in [7, 11) is -4.49. The number of aliphatic carboxylic acids is 1. The average molecular weight is 684 g/mol. The lowest BCUT2D eigenvalue weighted by molar-refractivity contribution is -0.142. The number of aryl methyl sites for hydroxylation is 1. The normalized spacial score (nSPS) is 15.8. The van der Waals surface area contributed by atoms with Crippen LogP contribution in [0.2, 0.25) is 0 Å². The summed E-state index contributed by atoms with van der Waals surface area (Å²) in [6, 6.07) is 5.23. The first-order valence-electron chi connectivity index (χ1n) is 12.4. The molecule has 1 aromatic heterocycles. The lowest BCUT2D eigenvalue weighted by Crippen LogP contribution is -2.49. The van der Waals surface area contributed by atoms with Gasteiger partial charge in [0.25, 0.3) is 11.8 Å². The maximum absolute atomic E-state index is 13.4. The summed E-state index contributed by atoms with van der Waals surface area (Å²) in [4.78, 5) is 43.3. The maximum atomic E-state index is 13.4. The molecule has 1 aliphatic carbocycles. The SMILES string of the molecule is CCc1nc2c(n1Cc1c3ccocc-3c(Br)c1-c1ccccc1NS(=O)(=O)C(F)(F)F)C(=O)NC(C(=O)O)C(=O)N2C. The van der Waals surface area contributed by atoms with Crippen molar-refractivity contribution >= 4 is 55.2 Å². The van der Waals surface area contributed by atoms with Crippen LogP contribution in [0.15, 0.2) is 51.7 Å². The van der Waals surface area contributed by atoms with Crippen LogP contribution >= 0.6 is 15.9 Å². The smallest absolute Gasteiger partial charge is 0.479 e. The van der Waals surface area contributed by atoms with E-state index < -0.39 is 39.4 Å². The molecule has 1 atom stereocenters. The molecule has 2 aromatic rings. The van der Waals surface area contributed by atoms with Crippen molar-refractivity contribution in [3.05, 3.63) is 64.4 Å². The van der Waals surface area contributed by atoms with Crippen molar-refractivity contribution < 1.29 is 45.5 Å². The Labute approximate surface area is 250 Å². The van der Waals surface area contributed by atoms with E-state index in [2.05, 4.69) is 26.2 Å². The second-order valence-electron chi connectivity index (χ2n) is 9.43. The first-order valence-corrected chi connectivity index (χ1v) is 14.7. The number of imidazole rings is 1. The molecule has 2 amide bonds. The number of amides is 2. The molecule has 5 rings (SSSR count). The number of rotatable bonds is 7. The van der Waals surface area contributed by atoms with E-state index in [0.717, 1.165) is 4.90 Å². The fourth-order valence-electron chi connectivity index (χ4n) is 4.91. The molecule has 3 heterocycles. The van der Waals surface area contributed by atoms with Crippen molar-refractivity contribution in [3.63, 3.8) is 0 Å². The van der Waals surface area contributed by atoms with Gasteiger partial charge in [0.1, 0.15) is 5.82 Å². The van der Waals surface area contributed by atoms with Gasteiger partial charge in [-0.3, -0.25) is 19.2 Å². The number of nitrogens with one attached hydrogen (secondary N) is 2. The predicted octanol–water partition coefficient (Wildman–Crippen LogP) is 4.04. The summed E-state index contributed by atoms with van der Waals surface area (Å²) in [5, 5.41) is 11.7. The van der Waals surface area contributed by atoms with Gasteiger partial charge in [0.15, 0.2) is 11.5 Å². The average Bonchev–Trinajstić information content (AvgIpc) is 3.42. The Hall–Kier alpha value is -4.38. The Kier molecular flexibility index (Phi) is 7.50. The van der Waals surface area contributed by atoms with E-state index in [4.69, 9.17) is 4.42 Å². The summed E-state index contributed by atoms with van der Waals surface area (Å²) in [5.41, 5.74) is -4.19. The van der Waals surface area contributed by atoms with E-state index in [-0.39, 0.29) is 35.7 Å². The number of halogens is 4. The van der Waals surface area contributed by atoms with Crippen LogP contribution in [0.5, 0.6) is 0 Å². The van der Waals surface area contributed by atoms with Gasteiger partial charge in [-0.15, -0.1) is 0 Å². The monoisotopic (exact) mass is 683 g/mol. The number of nitrogens with zero attached hydrogens (tertiary/aromatic N) is 3. The van der Waals surface area contributed by atoms with Gasteiger partial charge in [-0.2, -0.15) is 21.6 Å². The summed E-state index contributed by atoms with van der Waals surface area (Å²) < 4.78 is 72.8. The number of sulfonamides is 1. The molecule has 0 saturated carbocycles. The third-order valence-electron chi connectivity index (χ3n) is 6.91. The molecule has 12 nitrogen and oxygen atoms in total. The number of alkyl halides is 3. The fraction of sp³-hybridized carbons (Fsp3) is 0.231. The van der Waals surface area contributed by atoms with Crippen LogP contribution in [0.4, 0.5) is 24.7 Å². The van der Waals surface area contributed by atoms with Crippen LogP contribution in [0.25, 0.3) is 22.3 Å². The van der Waals surface area contributed by atoms with Gasteiger partial charge in [-0.25, -0.2) is 9.78 Å². The molecule has 3 N–H and O–H groups in total. The third kappa shape index (κ3) is 5.01. The third-order valence-corrected chi connectivity index (χ3v) is 8.83. The Morgan fingerprint density at radius 1 is 1.19 bits per heavy atom. The molecule has 226 valence electrons. The maximum Gasteiger partial charge on any atom is 0.516 e. The Balaban J connectivity index is 1.73. The van der Waals surface area contributed by atoms with E-state index in [1.807, 2.05) is 0 Å². The van der Waals surface area contributed by atoms with Crippen molar-refractivity contribution in [1.29, 1.82) is 0 Å². The van der Waals surface area contributed by atoms with Crippen LogP contribution in [0.1, 0.15) is 28.8 Å². The van der Waals surface area contributed by atoms with Gasteiger partial charge < -0.3 is 19.4 Å². The first-order chi connectivity index (χ1) is 20.2. The van der Waals surface area contributed by atoms with Crippen molar-refractivity contribution in [2.24, 2.45) is 0 Å². The van der Waals surface area contributed by atoms with Crippen molar-refractivity contribution in [1.82, 2.24) is 14.9 Å². The number of likely N-dealkylation sites (N-methyl/N-ethyl adjacent to an activating group) is 1. The predicted molar refractivity (Wildman–Crippen MR) is 150 cm³/mol. The zero-order valence-electron chi connectivity index (χ0n) is 22.2. The lowest BCUT2D eigenvalue weighted by atomic mass is 10.0. The van der Waals surface area contributed by atoms with Gasteiger partial charge in [-0.1, -0.05) is 25.1 Å². The Bertz CT molecular complexity index is 1870. The number of para-hydroxylation sites is 1. The topological polar surface area (TPSA) is 164 Å². The van der Waals surface area contributed by atoms with Gasteiger partial charge in [-0.05, 0) is 39.2 Å². The van der Waals surface area contributed by atoms with E-state index in [0.29, 0.717) is 32.6 Å². The summed E-state index contributed by atoms with van der Waals surface area (Å²) >= 11 is 3.49. The van der Waals surface area contributed by atoms with Crippen molar-refractivity contribution in [3.8, 4) is 22.3 Å². The van der Waals surface area contributed by atoms with Crippen molar-refractivity contribution in [2.45, 2.75) is 31.4 Å². The molecule has 0 spiro atoms. The van der Waals surface area contributed by atoms with Crippen LogP contribution in [0.3, 0.4) is 0 Å². The number of carbonyl (C=O) groups excluding carboxylic acids is 2. The molecule has 0 saturated heterocycles. The quantitative estimate of drug-likeness (QED) is 0.246. The van der Waals surface area contributed by atoms with Gasteiger partial charge in [0, 0.05) is 34.6 Å². The van der Waals surface area contributed by atoms with Crippen LogP contribution in [0, 0.1) is 0 Å². The largest absolute Gasteiger partial charge is 0.516 e. The molecule has 43 heavy (non-hydrogen) atoms. The second-order valence-corrected chi connectivity index (χ2v) is 11.9. The molecule has 2 aliphatic heterocycles.